The van der Waals surface area contributed by atoms with Gasteiger partial charge in [0.1, 0.15) is 11.6 Å². The fraction of sp³-hybridized carbons (Fsp3) is 0.429. The van der Waals surface area contributed by atoms with Crippen LogP contribution >= 0.6 is 0 Å². The second-order valence-electron chi connectivity index (χ2n) is 2.31. The van der Waals surface area contributed by atoms with E-state index < -0.39 is 5.91 Å². The molecule has 0 radical (unpaired) electrons. The standard InChI is InChI=1S/C7H8N2O/c8-4-6(7(9)10)5-2-1-3-5/h1-3H2,(H2,9,10). The molecule has 0 spiro atoms. The van der Waals surface area contributed by atoms with E-state index >= 15 is 0 Å². The van der Waals surface area contributed by atoms with Crippen molar-refractivity contribution >= 4 is 5.91 Å². The molecule has 1 rings (SSSR count). The lowest BCUT2D eigenvalue weighted by Gasteiger charge is -2.16. The molecule has 3 heteroatoms. The summed E-state index contributed by atoms with van der Waals surface area (Å²) in [7, 11) is 0. The van der Waals surface area contributed by atoms with Gasteiger partial charge in [-0.25, -0.2) is 0 Å². The third-order valence-electron chi connectivity index (χ3n) is 1.67. The summed E-state index contributed by atoms with van der Waals surface area (Å²) in [5.41, 5.74) is 6.04. The van der Waals surface area contributed by atoms with Crippen LogP contribution in [-0.4, -0.2) is 5.91 Å². The van der Waals surface area contributed by atoms with Gasteiger partial charge in [-0.1, -0.05) is 0 Å². The topological polar surface area (TPSA) is 66.9 Å². The summed E-state index contributed by atoms with van der Waals surface area (Å²) >= 11 is 0. The molecule has 1 amide bonds. The fourth-order valence-electron chi connectivity index (χ4n) is 0.912. The minimum absolute atomic E-state index is 0.172. The Kier molecular flexibility index (Phi) is 1.72. The maximum atomic E-state index is 10.5. The summed E-state index contributed by atoms with van der Waals surface area (Å²) in [6.07, 6.45) is 2.81. The molecule has 0 atom stereocenters. The number of nitrogens with zero attached hydrogens (tertiary/aromatic N) is 1. The van der Waals surface area contributed by atoms with Gasteiger partial charge in [0.05, 0.1) is 0 Å². The van der Waals surface area contributed by atoms with Gasteiger partial charge < -0.3 is 5.73 Å². The second-order valence-corrected chi connectivity index (χ2v) is 2.31. The minimum Gasteiger partial charge on any atom is -0.365 e. The van der Waals surface area contributed by atoms with Gasteiger partial charge in [-0.15, -0.1) is 0 Å². The van der Waals surface area contributed by atoms with Gasteiger partial charge in [-0.3, -0.25) is 4.79 Å². The van der Waals surface area contributed by atoms with E-state index in [0.717, 1.165) is 24.8 Å². The lowest BCUT2D eigenvalue weighted by atomic mass is 9.88. The summed E-state index contributed by atoms with van der Waals surface area (Å²) in [6, 6.07) is 1.81. The number of nitrogens with two attached hydrogens (primary N) is 1. The van der Waals surface area contributed by atoms with Gasteiger partial charge in [-0.2, -0.15) is 5.26 Å². The van der Waals surface area contributed by atoms with Crippen LogP contribution in [0.25, 0.3) is 0 Å². The zero-order valence-corrected chi connectivity index (χ0v) is 5.55. The third-order valence-corrected chi connectivity index (χ3v) is 1.67. The Labute approximate surface area is 59.1 Å². The molecule has 1 aliphatic carbocycles. The van der Waals surface area contributed by atoms with Gasteiger partial charge in [0.25, 0.3) is 5.91 Å². The van der Waals surface area contributed by atoms with E-state index in [9.17, 15) is 4.79 Å². The van der Waals surface area contributed by atoms with Crippen molar-refractivity contribution in [3.05, 3.63) is 11.1 Å². The van der Waals surface area contributed by atoms with Crippen LogP contribution in [0.1, 0.15) is 19.3 Å². The molecule has 1 saturated carbocycles. The van der Waals surface area contributed by atoms with Crippen LogP contribution in [0.2, 0.25) is 0 Å². The van der Waals surface area contributed by atoms with Crippen LogP contribution in [0, 0.1) is 11.3 Å². The van der Waals surface area contributed by atoms with Crippen molar-refractivity contribution in [3.63, 3.8) is 0 Å². The predicted octanol–water partition coefficient (Wildman–Crippen LogP) is 0.476. The Hall–Kier alpha value is -1.30. The molecule has 2 N–H and O–H groups in total. The van der Waals surface area contributed by atoms with Crippen molar-refractivity contribution in [1.82, 2.24) is 0 Å². The van der Waals surface area contributed by atoms with Crippen molar-refractivity contribution < 1.29 is 4.79 Å². The molecule has 0 heterocycles. The van der Waals surface area contributed by atoms with Crippen LogP contribution in [0.3, 0.4) is 0 Å². The number of primary amides is 1. The van der Waals surface area contributed by atoms with Crippen LogP contribution in [-0.2, 0) is 4.79 Å². The Morgan fingerprint density at radius 1 is 1.60 bits per heavy atom. The molecule has 1 aliphatic rings. The summed E-state index contributed by atoms with van der Waals surface area (Å²) in [4.78, 5) is 10.5. The van der Waals surface area contributed by atoms with E-state index in [4.69, 9.17) is 11.0 Å². The molecular weight excluding hydrogens is 128 g/mol. The maximum absolute atomic E-state index is 10.5. The lowest BCUT2D eigenvalue weighted by molar-refractivity contribution is -0.114. The molecule has 52 valence electrons. The van der Waals surface area contributed by atoms with E-state index in [1.807, 2.05) is 6.07 Å². The van der Waals surface area contributed by atoms with Crippen LogP contribution in [0.15, 0.2) is 11.1 Å². The summed E-state index contributed by atoms with van der Waals surface area (Å²) in [5, 5.41) is 8.42. The van der Waals surface area contributed by atoms with Crippen molar-refractivity contribution in [2.45, 2.75) is 19.3 Å². The van der Waals surface area contributed by atoms with Crippen molar-refractivity contribution in [3.8, 4) is 6.07 Å². The first kappa shape index (κ1) is 6.81. The average Bonchev–Trinajstić information content (AvgIpc) is 1.76. The lowest BCUT2D eigenvalue weighted by Crippen LogP contribution is -2.17. The van der Waals surface area contributed by atoms with Crippen LogP contribution < -0.4 is 5.73 Å². The van der Waals surface area contributed by atoms with E-state index in [-0.39, 0.29) is 5.57 Å². The Balaban J connectivity index is 2.84. The van der Waals surface area contributed by atoms with Gasteiger partial charge >= 0.3 is 0 Å². The SMILES string of the molecule is N#CC(C(N)=O)=C1CCC1. The first-order valence-corrected chi connectivity index (χ1v) is 3.17. The molecule has 0 aromatic carbocycles. The Bertz CT molecular complexity index is 228. The van der Waals surface area contributed by atoms with Crippen LogP contribution in [0.5, 0.6) is 0 Å². The number of hydrogen-bond acceptors (Lipinski definition) is 2. The van der Waals surface area contributed by atoms with Gasteiger partial charge in [0.15, 0.2) is 0 Å². The monoisotopic (exact) mass is 136 g/mol. The molecule has 0 aliphatic heterocycles. The number of hydrogen-bond donors (Lipinski definition) is 1. The molecule has 1 fully saturated rings. The Morgan fingerprint density at radius 3 is 2.30 bits per heavy atom. The molecule has 0 saturated heterocycles. The van der Waals surface area contributed by atoms with Crippen molar-refractivity contribution in [2.75, 3.05) is 0 Å². The molecule has 3 nitrogen and oxygen atoms in total. The van der Waals surface area contributed by atoms with Crippen LogP contribution in [0.4, 0.5) is 0 Å². The first-order valence-electron chi connectivity index (χ1n) is 3.17. The molecule has 0 unspecified atom stereocenters. The normalized spacial score (nSPS) is 15.3. The predicted molar refractivity (Wildman–Crippen MR) is 35.7 cm³/mol. The number of nitriles is 1. The van der Waals surface area contributed by atoms with E-state index in [1.165, 1.54) is 0 Å². The number of carbonyl (C=O) groups is 1. The van der Waals surface area contributed by atoms with Crippen molar-refractivity contribution in [2.24, 2.45) is 5.73 Å². The van der Waals surface area contributed by atoms with E-state index in [1.54, 1.807) is 0 Å². The molecule has 0 bridgehead atoms. The molecular formula is C7H8N2O. The third kappa shape index (κ3) is 1.01. The number of amides is 1. The highest BCUT2D eigenvalue weighted by molar-refractivity contribution is 5.96. The van der Waals surface area contributed by atoms with Crippen molar-refractivity contribution in [1.29, 1.82) is 5.26 Å². The number of rotatable bonds is 1. The van der Waals surface area contributed by atoms with E-state index in [2.05, 4.69) is 0 Å². The minimum atomic E-state index is -0.586. The van der Waals surface area contributed by atoms with Gasteiger partial charge in [0.2, 0.25) is 0 Å². The fourth-order valence-corrected chi connectivity index (χ4v) is 0.912. The molecule has 10 heavy (non-hydrogen) atoms. The highest BCUT2D eigenvalue weighted by atomic mass is 16.1. The van der Waals surface area contributed by atoms with E-state index in [0.29, 0.717) is 0 Å². The largest absolute Gasteiger partial charge is 0.365 e. The molecule has 0 aromatic rings. The first-order chi connectivity index (χ1) is 4.75. The number of carbonyl (C=O) groups excluding carboxylic acids is 1. The summed E-state index contributed by atoms with van der Waals surface area (Å²) < 4.78 is 0. The Morgan fingerprint density at radius 2 is 2.20 bits per heavy atom. The number of allylic oxidation sites excluding steroid dienone is 1. The average molecular weight is 136 g/mol. The zero-order chi connectivity index (χ0) is 7.56. The second kappa shape index (κ2) is 2.53. The summed E-state index contributed by atoms with van der Waals surface area (Å²) in [5.74, 6) is -0.586. The smallest absolute Gasteiger partial charge is 0.259 e. The maximum Gasteiger partial charge on any atom is 0.259 e. The van der Waals surface area contributed by atoms with Gasteiger partial charge in [-0.05, 0) is 24.8 Å². The quantitative estimate of drug-likeness (QED) is 0.420. The highest BCUT2D eigenvalue weighted by Crippen LogP contribution is 2.28. The van der Waals surface area contributed by atoms with Gasteiger partial charge in [0, 0.05) is 0 Å². The highest BCUT2D eigenvalue weighted by Gasteiger charge is 2.17. The molecule has 0 aromatic heterocycles. The zero-order valence-electron chi connectivity index (χ0n) is 5.55. The summed E-state index contributed by atoms with van der Waals surface area (Å²) in [6.45, 7) is 0.